The SMILES string of the molecule is C1=Cc2ccccc2C(C2NC=Cc3ccccc32)N1. The summed E-state index contributed by atoms with van der Waals surface area (Å²) in [5.41, 5.74) is 5.28. The summed E-state index contributed by atoms with van der Waals surface area (Å²) in [5, 5.41) is 7.02. The first-order chi connectivity index (χ1) is 9.93. The van der Waals surface area contributed by atoms with Crippen molar-refractivity contribution in [3.63, 3.8) is 0 Å². The topological polar surface area (TPSA) is 24.1 Å². The van der Waals surface area contributed by atoms with E-state index in [2.05, 4.69) is 83.7 Å². The first kappa shape index (κ1) is 11.4. The van der Waals surface area contributed by atoms with Crippen LogP contribution >= 0.6 is 0 Å². The Morgan fingerprint density at radius 3 is 1.55 bits per heavy atom. The van der Waals surface area contributed by atoms with Crippen LogP contribution in [0.5, 0.6) is 0 Å². The third-order valence-corrected chi connectivity index (χ3v) is 4.07. The van der Waals surface area contributed by atoms with Gasteiger partial charge in [-0.2, -0.15) is 0 Å². The highest BCUT2D eigenvalue weighted by Crippen LogP contribution is 2.36. The van der Waals surface area contributed by atoms with Gasteiger partial charge in [0.15, 0.2) is 0 Å². The summed E-state index contributed by atoms with van der Waals surface area (Å²) in [5.74, 6) is 0. The first-order valence-electron chi connectivity index (χ1n) is 6.96. The van der Waals surface area contributed by atoms with Gasteiger partial charge in [0, 0.05) is 0 Å². The Hall–Kier alpha value is -2.48. The molecule has 0 amide bonds. The van der Waals surface area contributed by atoms with E-state index in [0.717, 1.165) is 0 Å². The van der Waals surface area contributed by atoms with Gasteiger partial charge in [-0.3, -0.25) is 0 Å². The summed E-state index contributed by atoms with van der Waals surface area (Å²) in [4.78, 5) is 0. The number of fused-ring (bicyclic) bond motifs is 2. The Kier molecular flexibility index (Phi) is 2.59. The van der Waals surface area contributed by atoms with E-state index in [-0.39, 0.29) is 12.1 Å². The van der Waals surface area contributed by atoms with Crippen LogP contribution in [0.15, 0.2) is 60.9 Å². The van der Waals surface area contributed by atoms with Crippen molar-refractivity contribution in [2.75, 3.05) is 0 Å². The van der Waals surface area contributed by atoms with E-state index in [9.17, 15) is 0 Å². The predicted octanol–water partition coefficient (Wildman–Crippen LogP) is 3.62. The largest absolute Gasteiger partial charge is 0.382 e. The van der Waals surface area contributed by atoms with Crippen LogP contribution in [-0.2, 0) is 0 Å². The number of rotatable bonds is 1. The lowest BCUT2D eigenvalue weighted by Gasteiger charge is -2.34. The standard InChI is InChI=1S/C18H16N2/c1-3-7-15-13(5-1)9-11-19-17(15)18-16-8-4-2-6-14(16)10-12-20-18/h1-12,17-20H. The molecule has 0 bridgehead atoms. The van der Waals surface area contributed by atoms with Crippen LogP contribution < -0.4 is 10.6 Å². The number of benzene rings is 2. The molecule has 2 heterocycles. The van der Waals surface area contributed by atoms with Gasteiger partial charge in [-0.25, -0.2) is 0 Å². The maximum Gasteiger partial charge on any atom is 0.0758 e. The zero-order chi connectivity index (χ0) is 13.4. The van der Waals surface area contributed by atoms with Gasteiger partial charge >= 0.3 is 0 Å². The minimum Gasteiger partial charge on any atom is -0.382 e. The minimum atomic E-state index is 0.252. The van der Waals surface area contributed by atoms with Crippen molar-refractivity contribution in [3.05, 3.63) is 83.2 Å². The van der Waals surface area contributed by atoms with Crippen molar-refractivity contribution in [1.29, 1.82) is 0 Å². The number of hydrogen-bond donors (Lipinski definition) is 2. The van der Waals surface area contributed by atoms with Gasteiger partial charge in [0.25, 0.3) is 0 Å². The molecule has 2 unspecified atom stereocenters. The molecule has 20 heavy (non-hydrogen) atoms. The van der Waals surface area contributed by atoms with E-state index < -0.39 is 0 Å². The van der Waals surface area contributed by atoms with Crippen LogP contribution in [0.25, 0.3) is 12.2 Å². The Labute approximate surface area is 118 Å². The Bertz CT molecular complexity index is 639. The average Bonchev–Trinajstić information content (AvgIpc) is 2.54. The molecule has 0 saturated heterocycles. The van der Waals surface area contributed by atoms with Gasteiger partial charge in [0.05, 0.1) is 12.1 Å². The highest BCUT2D eigenvalue weighted by Gasteiger charge is 2.28. The molecule has 2 atom stereocenters. The molecule has 0 spiro atoms. The maximum absolute atomic E-state index is 3.51. The Morgan fingerprint density at radius 1 is 0.600 bits per heavy atom. The molecular weight excluding hydrogens is 244 g/mol. The van der Waals surface area contributed by atoms with Gasteiger partial charge in [0.2, 0.25) is 0 Å². The highest BCUT2D eigenvalue weighted by molar-refractivity contribution is 5.61. The summed E-state index contributed by atoms with van der Waals surface area (Å²) in [7, 11) is 0. The van der Waals surface area contributed by atoms with Crippen LogP contribution in [-0.4, -0.2) is 0 Å². The van der Waals surface area contributed by atoms with Crippen LogP contribution in [0.3, 0.4) is 0 Å². The lowest BCUT2D eigenvalue weighted by molar-refractivity contribution is 0.452. The number of nitrogens with one attached hydrogen (secondary N) is 2. The third kappa shape index (κ3) is 1.73. The van der Waals surface area contributed by atoms with Crippen molar-refractivity contribution in [2.45, 2.75) is 12.1 Å². The monoisotopic (exact) mass is 260 g/mol. The third-order valence-electron chi connectivity index (χ3n) is 4.07. The highest BCUT2D eigenvalue weighted by atomic mass is 15.0. The van der Waals surface area contributed by atoms with Crippen molar-refractivity contribution in [2.24, 2.45) is 0 Å². The van der Waals surface area contributed by atoms with E-state index in [1.165, 1.54) is 22.3 Å². The Balaban J connectivity index is 1.80. The minimum absolute atomic E-state index is 0.252. The molecule has 0 fully saturated rings. The second-order valence-corrected chi connectivity index (χ2v) is 5.21. The van der Waals surface area contributed by atoms with Gasteiger partial charge in [-0.1, -0.05) is 48.5 Å². The molecule has 2 aliphatic heterocycles. The van der Waals surface area contributed by atoms with Gasteiger partial charge in [-0.05, 0) is 46.8 Å². The van der Waals surface area contributed by atoms with Crippen molar-refractivity contribution in [1.82, 2.24) is 10.6 Å². The van der Waals surface area contributed by atoms with Crippen molar-refractivity contribution in [3.8, 4) is 0 Å². The molecule has 2 nitrogen and oxygen atoms in total. The van der Waals surface area contributed by atoms with Crippen molar-refractivity contribution >= 4 is 12.2 Å². The molecule has 0 aliphatic carbocycles. The quantitative estimate of drug-likeness (QED) is 0.818. The fourth-order valence-corrected chi connectivity index (χ4v) is 3.11. The molecule has 2 N–H and O–H groups in total. The fraction of sp³-hybridized carbons (Fsp3) is 0.111. The molecule has 2 aromatic carbocycles. The molecule has 2 aromatic rings. The normalized spacial score (nSPS) is 22.4. The van der Waals surface area contributed by atoms with Crippen LogP contribution in [0.2, 0.25) is 0 Å². The lowest BCUT2D eigenvalue weighted by Crippen LogP contribution is -2.34. The van der Waals surface area contributed by atoms with E-state index >= 15 is 0 Å². The summed E-state index contributed by atoms with van der Waals surface area (Å²) < 4.78 is 0. The van der Waals surface area contributed by atoms with Crippen LogP contribution in [0.1, 0.15) is 34.3 Å². The maximum atomic E-state index is 3.51. The second kappa shape index (κ2) is 4.57. The average molecular weight is 260 g/mol. The molecule has 0 aromatic heterocycles. The lowest BCUT2D eigenvalue weighted by atomic mass is 9.86. The number of hydrogen-bond acceptors (Lipinski definition) is 2. The predicted molar refractivity (Wildman–Crippen MR) is 82.7 cm³/mol. The zero-order valence-corrected chi connectivity index (χ0v) is 11.1. The summed E-state index contributed by atoms with van der Waals surface area (Å²) >= 11 is 0. The molecule has 2 aliphatic rings. The van der Waals surface area contributed by atoms with Crippen LogP contribution in [0.4, 0.5) is 0 Å². The molecule has 2 heteroatoms. The van der Waals surface area contributed by atoms with E-state index in [1.54, 1.807) is 0 Å². The first-order valence-corrected chi connectivity index (χ1v) is 6.96. The molecule has 0 radical (unpaired) electrons. The second-order valence-electron chi connectivity index (χ2n) is 5.21. The zero-order valence-electron chi connectivity index (χ0n) is 11.1. The smallest absolute Gasteiger partial charge is 0.0758 e. The van der Waals surface area contributed by atoms with Crippen LogP contribution in [0, 0.1) is 0 Å². The Morgan fingerprint density at radius 2 is 1.05 bits per heavy atom. The molecule has 98 valence electrons. The van der Waals surface area contributed by atoms with Gasteiger partial charge in [0.1, 0.15) is 0 Å². The van der Waals surface area contributed by atoms with Gasteiger partial charge in [-0.15, -0.1) is 0 Å². The summed E-state index contributed by atoms with van der Waals surface area (Å²) in [6.45, 7) is 0. The summed E-state index contributed by atoms with van der Waals surface area (Å²) in [6.07, 6.45) is 8.37. The molecular formula is C18H16N2. The molecule has 4 rings (SSSR count). The van der Waals surface area contributed by atoms with E-state index in [1.807, 2.05) is 0 Å². The van der Waals surface area contributed by atoms with E-state index in [0.29, 0.717) is 0 Å². The molecule has 0 saturated carbocycles. The van der Waals surface area contributed by atoms with Gasteiger partial charge < -0.3 is 10.6 Å². The van der Waals surface area contributed by atoms with E-state index in [4.69, 9.17) is 0 Å². The fourth-order valence-electron chi connectivity index (χ4n) is 3.11. The van der Waals surface area contributed by atoms with Crippen molar-refractivity contribution < 1.29 is 0 Å². The summed E-state index contributed by atoms with van der Waals surface area (Å²) in [6, 6.07) is 17.7.